The Hall–Kier alpha value is -1.88. The minimum atomic E-state index is -0.276. The van der Waals surface area contributed by atoms with Gasteiger partial charge in [-0.25, -0.2) is 0 Å². The van der Waals surface area contributed by atoms with Crippen molar-refractivity contribution in [1.82, 2.24) is 4.90 Å². The van der Waals surface area contributed by atoms with E-state index in [4.69, 9.17) is 9.47 Å². The summed E-state index contributed by atoms with van der Waals surface area (Å²) in [6.45, 7) is 5.67. The van der Waals surface area contributed by atoms with Crippen LogP contribution in [0.2, 0.25) is 0 Å². The van der Waals surface area contributed by atoms with E-state index < -0.39 is 0 Å². The lowest BCUT2D eigenvalue weighted by atomic mass is 10.1. The highest BCUT2D eigenvalue weighted by Crippen LogP contribution is 2.17. The van der Waals surface area contributed by atoms with E-state index in [0.717, 1.165) is 25.0 Å². The summed E-state index contributed by atoms with van der Waals surface area (Å²) in [5, 5.41) is 0. The van der Waals surface area contributed by atoms with Crippen molar-refractivity contribution < 1.29 is 19.1 Å². The van der Waals surface area contributed by atoms with Crippen LogP contribution in [0.1, 0.15) is 42.1 Å². The van der Waals surface area contributed by atoms with Crippen LogP contribution in [0.5, 0.6) is 0 Å². The molecule has 1 aromatic carbocycles. The fourth-order valence-corrected chi connectivity index (χ4v) is 2.75. The molecule has 1 fully saturated rings. The minimum absolute atomic E-state index is 0.0529. The Kier molecular flexibility index (Phi) is 6.59. The fourth-order valence-electron chi connectivity index (χ4n) is 2.75. The predicted octanol–water partition coefficient (Wildman–Crippen LogP) is 2.57. The van der Waals surface area contributed by atoms with Crippen LogP contribution in [0.3, 0.4) is 0 Å². The predicted molar refractivity (Wildman–Crippen MR) is 87.3 cm³/mol. The molecule has 1 heterocycles. The number of hydrogen-bond acceptors (Lipinski definition) is 4. The van der Waals surface area contributed by atoms with E-state index in [-0.39, 0.29) is 24.4 Å². The SMILES string of the molecule is CCOC(=O)CCN(CC1CCCO1)C(=O)c1ccccc1C. The maximum atomic E-state index is 12.8. The van der Waals surface area contributed by atoms with Gasteiger partial charge in [0.1, 0.15) is 0 Å². The maximum Gasteiger partial charge on any atom is 0.307 e. The van der Waals surface area contributed by atoms with Gasteiger partial charge < -0.3 is 14.4 Å². The Balaban J connectivity index is 2.06. The molecule has 0 aliphatic carbocycles. The highest BCUT2D eigenvalue weighted by atomic mass is 16.5. The van der Waals surface area contributed by atoms with Crippen molar-refractivity contribution in [2.75, 3.05) is 26.3 Å². The van der Waals surface area contributed by atoms with Crippen molar-refractivity contribution in [2.24, 2.45) is 0 Å². The largest absolute Gasteiger partial charge is 0.466 e. The van der Waals surface area contributed by atoms with Gasteiger partial charge in [-0.3, -0.25) is 9.59 Å². The summed E-state index contributed by atoms with van der Waals surface area (Å²) in [4.78, 5) is 26.2. The Labute approximate surface area is 137 Å². The molecule has 0 spiro atoms. The van der Waals surface area contributed by atoms with Gasteiger partial charge >= 0.3 is 5.97 Å². The molecule has 126 valence electrons. The van der Waals surface area contributed by atoms with E-state index in [1.54, 1.807) is 11.8 Å². The maximum absolute atomic E-state index is 12.8. The molecule has 1 saturated heterocycles. The number of aryl methyl sites for hydroxylation is 1. The molecule has 1 aromatic rings. The van der Waals surface area contributed by atoms with Gasteiger partial charge in [-0.1, -0.05) is 18.2 Å². The first-order valence-corrected chi connectivity index (χ1v) is 8.24. The zero-order chi connectivity index (χ0) is 16.7. The zero-order valence-corrected chi connectivity index (χ0v) is 13.9. The highest BCUT2D eigenvalue weighted by Gasteiger charge is 2.24. The van der Waals surface area contributed by atoms with Crippen molar-refractivity contribution in [2.45, 2.75) is 39.2 Å². The molecule has 1 amide bonds. The number of esters is 1. The summed E-state index contributed by atoms with van der Waals surface area (Å²) in [7, 11) is 0. The van der Waals surface area contributed by atoms with Gasteiger partial charge in [-0.2, -0.15) is 0 Å². The second-order valence-electron chi connectivity index (χ2n) is 5.76. The van der Waals surface area contributed by atoms with Crippen LogP contribution in [-0.2, 0) is 14.3 Å². The quantitative estimate of drug-likeness (QED) is 0.725. The van der Waals surface area contributed by atoms with E-state index >= 15 is 0 Å². The third-order valence-corrected chi connectivity index (χ3v) is 4.00. The van der Waals surface area contributed by atoms with E-state index in [0.29, 0.717) is 25.3 Å². The van der Waals surface area contributed by atoms with Gasteiger partial charge in [-0.05, 0) is 38.3 Å². The number of carbonyl (C=O) groups excluding carboxylic acids is 2. The highest BCUT2D eigenvalue weighted by molar-refractivity contribution is 5.95. The molecule has 1 unspecified atom stereocenters. The minimum Gasteiger partial charge on any atom is -0.466 e. The van der Waals surface area contributed by atoms with Crippen LogP contribution in [0.15, 0.2) is 24.3 Å². The lowest BCUT2D eigenvalue weighted by molar-refractivity contribution is -0.143. The third-order valence-electron chi connectivity index (χ3n) is 4.00. The Morgan fingerprint density at radius 3 is 2.78 bits per heavy atom. The molecule has 0 saturated carbocycles. The average Bonchev–Trinajstić information content (AvgIpc) is 3.04. The van der Waals surface area contributed by atoms with Gasteiger partial charge in [0.2, 0.25) is 0 Å². The molecule has 5 heteroatoms. The summed E-state index contributed by atoms with van der Waals surface area (Å²) in [6.07, 6.45) is 2.24. The van der Waals surface area contributed by atoms with Gasteiger partial charge in [-0.15, -0.1) is 0 Å². The van der Waals surface area contributed by atoms with Gasteiger partial charge in [0, 0.05) is 25.3 Å². The van der Waals surface area contributed by atoms with Crippen molar-refractivity contribution >= 4 is 11.9 Å². The summed E-state index contributed by atoms with van der Waals surface area (Å²) < 4.78 is 10.6. The molecule has 5 nitrogen and oxygen atoms in total. The van der Waals surface area contributed by atoms with Crippen molar-refractivity contribution in [3.63, 3.8) is 0 Å². The van der Waals surface area contributed by atoms with Crippen molar-refractivity contribution in [3.8, 4) is 0 Å². The molecule has 0 aromatic heterocycles. The van der Waals surface area contributed by atoms with Crippen LogP contribution in [0.25, 0.3) is 0 Å². The van der Waals surface area contributed by atoms with Gasteiger partial charge in [0.05, 0.1) is 19.1 Å². The smallest absolute Gasteiger partial charge is 0.307 e. The molecule has 23 heavy (non-hydrogen) atoms. The Morgan fingerprint density at radius 1 is 1.35 bits per heavy atom. The van der Waals surface area contributed by atoms with E-state index in [1.165, 1.54) is 0 Å². The molecule has 1 aliphatic rings. The van der Waals surface area contributed by atoms with Gasteiger partial charge in [0.15, 0.2) is 0 Å². The second-order valence-corrected chi connectivity index (χ2v) is 5.76. The topological polar surface area (TPSA) is 55.8 Å². The third kappa shape index (κ3) is 5.06. The molecular formula is C18H25NO4. The standard InChI is InChI=1S/C18H25NO4/c1-3-22-17(20)10-11-19(13-15-8-6-12-23-15)18(21)16-9-5-4-7-14(16)2/h4-5,7,9,15H,3,6,8,10-13H2,1-2H3. The molecule has 2 rings (SSSR count). The monoisotopic (exact) mass is 319 g/mol. The van der Waals surface area contributed by atoms with Gasteiger partial charge in [0.25, 0.3) is 5.91 Å². The number of hydrogen-bond donors (Lipinski definition) is 0. The normalized spacial score (nSPS) is 17.0. The van der Waals surface area contributed by atoms with Crippen molar-refractivity contribution in [3.05, 3.63) is 35.4 Å². The first-order valence-electron chi connectivity index (χ1n) is 8.24. The Morgan fingerprint density at radius 2 is 2.13 bits per heavy atom. The molecule has 0 radical (unpaired) electrons. The zero-order valence-electron chi connectivity index (χ0n) is 13.9. The number of nitrogens with zero attached hydrogens (tertiary/aromatic N) is 1. The molecule has 0 N–H and O–H groups in total. The summed E-state index contributed by atoms with van der Waals surface area (Å²) in [6, 6.07) is 7.51. The second kappa shape index (κ2) is 8.67. The first kappa shape index (κ1) is 17.5. The lowest BCUT2D eigenvalue weighted by Crippen LogP contribution is -2.39. The first-order chi connectivity index (χ1) is 11.1. The van der Waals surface area contributed by atoms with E-state index in [1.807, 2.05) is 31.2 Å². The summed E-state index contributed by atoms with van der Waals surface area (Å²) >= 11 is 0. The van der Waals surface area contributed by atoms with Crippen LogP contribution in [-0.4, -0.2) is 49.2 Å². The summed E-state index contributed by atoms with van der Waals surface area (Å²) in [5.41, 5.74) is 1.61. The van der Waals surface area contributed by atoms with Crippen LogP contribution in [0.4, 0.5) is 0 Å². The molecular weight excluding hydrogens is 294 g/mol. The number of benzene rings is 1. The van der Waals surface area contributed by atoms with Crippen LogP contribution < -0.4 is 0 Å². The van der Waals surface area contributed by atoms with Crippen LogP contribution in [0, 0.1) is 6.92 Å². The molecule has 1 aliphatic heterocycles. The lowest BCUT2D eigenvalue weighted by Gasteiger charge is -2.26. The molecule has 0 bridgehead atoms. The van der Waals surface area contributed by atoms with Crippen molar-refractivity contribution in [1.29, 1.82) is 0 Å². The van der Waals surface area contributed by atoms with E-state index in [2.05, 4.69) is 0 Å². The fraction of sp³-hybridized carbons (Fsp3) is 0.556. The number of carbonyl (C=O) groups is 2. The van der Waals surface area contributed by atoms with Crippen LogP contribution >= 0.6 is 0 Å². The number of rotatable bonds is 7. The average molecular weight is 319 g/mol. The summed E-state index contributed by atoms with van der Waals surface area (Å²) in [5.74, 6) is -0.328. The number of ether oxygens (including phenoxy) is 2. The number of amides is 1. The Bertz CT molecular complexity index is 538. The van der Waals surface area contributed by atoms with E-state index in [9.17, 15) is 9.59 Å². The molecule has 1 atom stereocenters.